The van der Waals surface area contributed by atoms with Crippen LogP contribution in [0.15, 0.2) is 42.5 Å². The zero-order valence-electron chi connectivity index (χ0n) is 10.8. The summed E-state index contributed by atoms with van der Waals surface area (Å²) in [5, 5.41) is -0.791. The Morgan fingerprint density at radius 1 is 1.11 bits per heavy atom. The average molecular weight is 277 g/mol. The van der Waals surface area contributed by atoms with E-state index in [1.807, 2.05) is 32.0 Å². The van der Waals surface area contributed by atoms with E-state index in [0.29, 0.717) is 11.1 Å². The number of alkyl halides is 1. The zero-order valence-corrected chi connectivity index (χ0v) is 11.5. The highest BCUT2D eigenvalue weighted by molar-refractivity contribution is 6.34. The second-order valence-corrected chi connectivity index (χ2v) is 5.03. The molecule has 19 heavy (non-hydrogen) atoms. The molecule has 0 N–H and O–H groups in total. The van der Waals surface area contributed by atoms with E-state index >= 15 is 0 Å². The molecule has 0 spiro atoms. The second-order valence-electron chi connectivity index (χ2n) is 4.60. The maximum absolute atomic E-state index is 12.9. The number of aryl methyl sites for hydroxylation is 2. The Kier molecular flexibility index (Phi) is 4.01. The Labute approximate surface area is 117 Å². The van der Waals surface area contributed by atoms with Gasteiger partial charge >= 0.3 is 0 Å². The number of Topliss-reactive ketones (excluding diaryl/α,β-unsaturated/α-hetero) is 1. The fourth-order valence-corrected chi connectivity index (χ4v) is 2.18. The van der Waals surface area contributed by atoms with Gasteiger partial charge < -0.3 is 0 Å². The molecule has 0 radical (unpaired) electrons. The van der Waals surface area contributed by atoms with Gasteiger partial charge in [-0.2, -0.15) is 0 Å². The van der Waals surface area contributed by atoms with E-state index in [1.165, 1.54) is 24.3 Å². The topological polar surface area (TPSA) is 17.1 Å². The minimum atomic E-state index is -0.791. The number of hydrogen-bond donors (Lipinski definition) is 0. The Morgan fingerprint density at radius 2 is 1.74 bits per heavy atom. The van der Waals surface area contributed by atoms with Gasteiger partial charge in [0, 0.05) is 5.56 Å². The Bertz CT molecular complexity index is 605. The van der Waals surface area contributed by atoms with E-state index in [0.717, 1.165) is 11.1 Å². The van der Waals surface area contributed by atoms with Crippen LogP contribution in [0.1, 0.15) is 32.4 Å². The molecule has 2 aromatic carbocycles. The van der Waals surface area contributed by atoms with Gasteiger partial charge in [0.25, 0.3) is 0 Å². The van der Waals surface area contributed by atoms with Crippen molar-refractivity contribution in [1.82, 2.24) is 0 Å². The largest absolute Gasteiger partial charge is 0.292 e. The van der Waals surface area contributed by atoms with Crippen molar-refractivity contribution in [2.24, 2.45) is 0 Å². The maximum Gasteiger partial charge on any atom is 0.185 e. The van der Waals surface area contributed by atoms with Crippen LogP contribution in [-0.2, 0) is 0 Å². The summed E-state index contributed by atoms with van der Waals surface area (Å²) in [6.07, 6.45) is 0. The van der Waals surface area contributed by atoms with Crippen molar-refractivity contribution in [3.8, 4) is 0 Å². The van der Waals surface area contributed by atoms with Crippen molar-refractivity contribution in [2.75, 3.05) is 0 Å². The van der Waals surface area contributed by atoms with Crippen molar-refractivity contribution in [1.29, 1.82) is 0 Å². The molecule has 0 fully saturated rings. The lowest BCUT2D eigenvalue weighted by Crippen LogP contribution is -2.09. The van der Waals surface area contributed by atoms with Crippen LogP contribution in [0.25, 0.3) is 0 Å². The van der Waals surface area contributed by atoms with Crippen LogP contribution >= 0.6 is 11.6 Å². The fraction of sp³-hybridized carbons (Fsp3) is 0.188. The highest BCUT2D eigenvalue weighted by Gasteiger charge is 2.21. The van der Waals surface area contributed by atoms with Gasteiger partial charge in [-0.05, 0) is 43.2 Å². The van der Waals surface area contributed by atoms with Gasteiger partial charge in [0.05, 0.1) is 0 Å². The van der Waals surface area contributed by atoms with Crippen molar-refractivity contribution in [3.05, 3.63) is 70.5 Å². The quantitative estimate of drug-likeness (QED) is 0.591. The summed E-state index contributed by atoms with van der Waals surface area (Å²) in [6.45, 7) is 3.80. The summed E-state index contributed by atoms with van der Waals surface area (Å²) in [5.41, 5.74) is 3.12. The lowest BCUT2D eigenvalue weighted by molar-refractivity contribution is 0.0986. The van der Waals surface area contributed by atoms with E-state index < -0.39 is 5.38 Å². The molecule has 0 heterocycles. The lowest BCUT2D eigenvalue weighted by atomic mass is 9.97. The van der Waals surface area contributed by atoms with Crippen LogP contribution < -0.4 is 0 Å². The van der Waals surface area contributed by atoms with Crippen LogP contribution in [0.3, 0.4) is 0 Å². The van der Waals surface area contributed by atoms with Gasteiger partial charge in [0.15, 0.2) is 5.78 Å². The summed E-state index contributed by atoms with van der Waals surface area (Å²) >= 11 is 6.20. The summed E-state index contributed by atoms with van der Waals surface area (Å²) in [4.78, 5) is 12.4. The van der Waals surface area contributed by atoms with Crippen molar-refractivity contribution < 1.29 is 9.18 Å². The molecule has 0 aliphatic rings. The van der Waals surface area contributed by atoms with E-state index in [9.17, 15) is 9.18 Å². The molecule has 0 saturated carbocycles. The van der Waals surface area contributed by atoms with Crippen LogP contribution in [-0.4, -0.2) is 5.78 Å². The molecule has 0 aromatic heterocycles. The van der Waals surface area contributed by atoms with Crippen LogP contribution in [0.5, 0.6) is 0 Å². The van der Waals surface area contributed by atoms with E-state index in [4.69, 9.17) is 11.6 Å². The molecule has 98 valence electrons. The first-order valence-electron chi connectivity index (χ1n) is 6.00. The third-order valence-corrected chi connectivity index (χ3v) is 3.50. The average Bonchev–Trinajstić information content (AvgIpc) is 2.41. The summed E-state index contributed by atoms with van der Waals surface area (Å²) in [7, 11) is 0. The Hall–Kier alpha value is -1.67. The normalized spacial score (nSPS) is 12.2. The van der Waals surface area contributed by atoms with Crippen LogP contribution in [0, 0.1) is 19.7 Å². The number of hydrogen-bond acceptors (Lipinski definition) is 1. The van der Waals surface area contributed by atoms with Crippen molar-refractivity contribution >= 4 is 17.4 Å². The molecule has 3 heteroatoms. The van der Waals surface area contributed by atoms with Gasteiger partial charge in [0.1, 0.15) is 11.2 Å². The molecule has 0 saturated heterocycles. The molecule has 0 amide bonds. The highest BCUT2D eigenvalue weighted by Crippen LogP contribution is 2.27. The van der Waals surface area contributed by atoms with Gasteiger partial charge in [-0.1, -0.05) is 29.8 Å². The van der Waals surface area contributed by atoms with Gasteiger partial charge in [-0.3, -0.25) is 4.79 Å². The predicted molar refractivity (Wildman–Crippen MR) is 75.2 cm³/mol. The predicted octanol–water partition coefficient (Wildman–Crippen LogP) is 4.61. The van der Waals surface area contributed by atoms with Crippen molar-refractivity contribution in [3.63, 3.8) is 0 Å². The molecular weight excluding hydrogens is 263 g/mol. The minimum absolute atomic E-state index is 0.158. The number of carbonyl (C=O) groups excluding carboxylic acids is 1. The lowest BCUT2D eigenvalue weighted by Gasteiger charge is -2.11. The summed E-state index contributed by atoms with van der Waals surface area (Å²) in [5.74, 6) is -0.499. The number of ketones is 1. The molecule has 1 nitrogen and oxygen atoms in total. The molecular formula is C16H14ClFO. The zero-order chi connectivity index (χ0) is 14.0. The van der Waals surface area contributed by atoms with Gasteiger partial charge in [-0.15, -0.1) is 11.6 Å². The SMILES string of the molecule is Cc1ccc(C)c(C(=O)C(Cl)c2ccc(F)cc2)c1. The molecule has 2 aromatic rings. The second kappa shape index (κ2) is 5.54. The number of carbonyl (C=O) groups is 1. The first-order chi connectivity index (χ1) is 8.99. The number of halogens is 2. The van der Waals surface area contributed by atoms with E-state index in [2.05, 4.69) is 0 Å². The Morgan fingerprint density at radius 3 is 2.37 bits per heavy atom. The molecule has 1 atom stereocenters. The molecule has 1 unspecified atom stereocenters. The fourth-order valence-electron chi connectivity index (χ4n) is 1.92. The number of benzene rings is 2. The molecule has 0 bridgehead atoms. The summed E-state index contributed by atoms with van der Waals surface area (Å²) < 4.78 is 12.9. The smallest absolute Gasteiger partial charge is 0.185 e. The monoisotopic (exact) mass is 276 g/mol. The van der Waals surface area contributed by atoms with Crippen LogP contribution in [0.2, 0.25) is 0 Å². The van der Waals surface area contributed by atoms with Crippen molar-refractivity contribution in [2.45, 2.75) is 19.2 Å². The van der Waals surface area contributed by atoms with Gasteiger partial charge in [-0.25, -0.2) is 4.39 Å². The number of rotatable bonds is 3. The Balaban J connectivity index is 2.33. The first kappa shape index (κ1) is 13.8. The van der Waals surface area contributed by atoms with E-state index in [1.54, 1.807) is 0 Å². The van der Waals surface area contributed by atoms with Crippen LogP contribution in [0.4, 0.5) is 4.39 Å². The third kappa shape index (κ3) is 3.02. The maximum atomic E-state index is 12.9. The molecule has 2 rings (SSSR count). The van der Waals surface area contributed by atoms with Gasteiger partial charge in [0.2, 0.25) is 0 Å². The highest BCUT2D eigenvalue weighted by atomic mass is 35.5. The van der Waals surface area contributed by atoms with E-state index in [-0.39, 0.29) is 11.6 Å². The summed E-state index contributed by atoms with van der Waals surface area (Å²) in [6, 6.07) is 11.4. The minimum Gasteiger partial charge on any atom is -0.292 e. The molecule has 0 aliphatic carbocycles. The molecule has 0 aliphatic heterocycles. The first-order valence-corrected chi connectivity index (χ1v) is 6.43. The third-order valence-electron chi connectivity index (χ3n) is 3.05. The standard InChI is InChI=1S/C16H14ClFO/c1-10-3-4-11(2)14(9-10)16(19)15(17)12-5-7-13(18)8-6-12/h3-9,15H,1-2H3.